The van der Waals surface area contributed by atoms with Gasteiger partial charge in [0.05, 0.1) is 23.6 Å². The van der Waals surface area contributed by atoms with Crippen molar-refractivity contribution < 1.29 is 9.18 Å². The Labute approximate surface area is 173 Å². The molecule has 0 aliphatic rings. The number of hydrogen-bond donors (Lipinski definition) is 1. The zero-order valence-electron chi connectivity index (χ0n) is 17.3. The summed E-state index contributed by atoms with van der Waals surface area (Å²) in [6, 6.07) is 7.91. The molecule has 3 heterocycles. The first kappa shape index (κ1) is 19.8. The second-order valence-electron chi connectivity index (χ2n) is 7.43. The van der Waals surface area contributed by atoms with Crippen molar-refractivity contribution in [2.75, 3.05) is 6.54 Å². The van der Waals surface area contributed by atoms with Gasteiger partial charge in [0.25, 0.3) is 5.91 Å². The molecule has 8 heteroatoms. The molecule has 0 unspecified atom stereocenters. The molecule has 1 N–H and O–H groups in total. The first-order valence-electron chi connectivity index (χ1n) is 9.76. The van der Waals surface area contributed by atoms with Crippen LogP contribution in [0.1, 0.15) is 40.3 Å². The summed E-state index contributed by atoms with van der Waals surface area (Å²) < 4.78 is 16.8. The zero-order valence-corrected chi connectivity index (χ0v) is 17.3. The predicted molar refractivity (Wildman–Crippen MR) is 112 cm³/mol. The number of nitrogens with one attached hydrogen (secondary N) is 1. The molecule has 0 saturated heterocycles. The van der Waals surface area contributed by atoms with Gasteiger partial charge >= 0.3 is 0 Å². The Hall–Kier alpha value is -3.55. The Morgan fingerprint density at radius 1 is 1.17 bits per heavy atom. The molecule has 0 aliphatic heterocycles. The van der Waals surface area contributed by atoms with Gasteiger partial charge in [0.15, 0.2) is 5.65 Å². The van der Waals surface area contributed by atoms with E-state index >= 15 is 0 Å². The molecule has 1 atom stereocenters. The number of carbonyl (C=O) groups excluding carboxylic acids is 1. The van der Waals surface area contributed by atoms with Gasteiger partial charge in [0.2, 0.25) is 0 Å². The van der Waals surface area contributed by atoms with E-state index < -0.39 is 0 Å². The number of nitrogens with zero attached hydrogens (tertiary/aromatic N) is 5. The summed E-state index contributed by atoms with van der Waals surface area (Å²) in [6.45, 7) is 8.49. The highest BCUT2D eigenvalue weighted by molar-refractivity contribution is 5.99. The average Bonchev–Trinajstić information content (AvgIpc) is 3.29. The molecule has 0 fully saturated rings. The van der Waals surface area contributed by atoms with E-state index in [9.17, 15) is 9.18 Å². The standard InChI is InChI=1S/C22H23FN6O/c1-13(28-16(4)14(2)15(3)27-28)11-25-22(30)19-12-26-29-20(9-10-24-21(19)29)17-5-7-18(23)8-6-17/h5-10,12-13H,11H2,1-4H3,(H,25,30)/t13-/m0/s1. The minimum atomic E-state index is -0.309. The maximum absolute atomic E-state index is 13.3. The number of halogens is 1. The number of carbonyl (C=O) groups is 1. The van der Waals surface area contributed by atoms with E-state index in [2.05, 4.69) is 20.5 Å². The third-order valence-electron chi connectivity index (χ3n) is 5.45. The van der Waals surface area contributed by atoms with Crippen LogP contribution in [-0.4, -0.2) is 36.8 Å². The van der Waals surface area contributed by atoms with Crippen LogP contribution in [0.2, 0.25) is 0 Å². The maximum atomic E-state index is 13.3. The molecule has 1 amide bonds. The fraction of sp³-hybridized carbons (Fsp3) is 0.273. The van der Waals surface area contributed by atoms with E-state index in [1.807, 2.05) is 32.4 Å². The Morgan fingerprint density at radius 3 is 2.57 bits per heavy atom. The Bertz CT molecular complexity index is 1220. The Balaban J connectivity index is 1.56. The lowest BCUT2D eigenvalue weighted by Gasteiger charge is -2.15. The van der Waals surface area contributed by atoms with E-state index in [0.29, 0.717) is 17.8 Å². The van der Waals surface area contributed by atoms with Crippen LogP contribution in [0, 0.1) is 26.6 Å². The lowest BCUT2D eigenvalue weighted by Crippen LogP contribution is -2.30. The summed E-state index contributed by atoms with van der Waals surface area (Å²) >= 11 is 0. The molecule has 0 saturated carbocycles. The number of amides is 1. The van der Waals surface area contributed by atoms with Gasteiger partial charge in [-0.3, -0.25) is 9.48 Å². The summed E-state index contributed by atoms with van der Waals surface area (Å²) in [7, 11) is 0. The molecular formula is C22H23FN6O. The van der Waals surface area contributed by atoms with Crippen LogP contribution in [0.3, 0.4) is 0 Å². The van der Waals surface area contributed by atoms with Crippen molar-refractivity contribution in [1.29, 1.82) is 0 Å². The smallest absolute Gasteiger partial charge is 0.256 e. The van der Waals surface area contributed by atoms with Crippen molar-refractivity contribution in [3.8, 4) is 11.3 Å². The first-order chi connectivity index (χ1) is 14.4. The minimum Gasteiger partial charge on any atom is -0.350 e. The van der Waals surface area contributed by atoms with Crippen molar-refractivity contribution in [2.24, 2.45) is 0 Å². The fourth-order valence-corrected chi connectivity index (χ4v) is 3.49. The van der Waals surface area contributed by atoms with Crippen LogP contribution in [0.5, 0.6) is 0 Å². The number of aromatic nitrogens is 5. The van der Waals surface area contributed by atoms with Gasteiger partial charge in [0.1, 0.15) is 11.4 Å². The van der Waals surface area contributed by atoms with Gasteiger partial charge in [0, 0.05) is 24.0 Å². The fourth-order valence-electron chi connectivity index (χ4n) is 3.49. The van der Waals surface area contributed by atoms with E-state index in [-0.39, 0.29) is 17.8 Å². The maximum Gasteiger partial charge on any atom is 0.256 e. The molecule has 1 aromatic carbocycles. The van der Waals surface area contributed by atoms with Crippen molar-refractivity contribution in [2.45, 2.75) is 33.7 Å². The Kier molecular flexibility index (Phi) is 5.07. The van der Waals surface area contributed by atoms with Gasteiger partial charge in [-0.2, -0.15) is 10.2 Å². The van der Waals surface area contributed by atoms with Crippen LogP contribution < -0.4 is 5.32 Å². The first-order valence-corrected chi connectivity index (χ1v) is 9.76. The molecule has 4 aromatic rings. The van der Waals surface area contributed by atoms with Crippen molar-refractivity contribution >= 4 is 11.6 Å². The van der Waals surface area contributed by atoms with Crippen molar-refractivity contribution in [3.63, 3.8) is 0 Å². The lowest BCUT2D eigenvalue weighted by atomic mass is 10.1. The number of rotatable bonds is 5. The second-order valence-corrected chi connectivity index (χ2v) is 7.43. The molecule has 0 bridgehead atoms. The average molecular weight is 406 g/mol. The van der Waals surface area contributed by atoms with Gasteiger partial charge in [-0.05, 0) is 63.6 Å². The molecule has 154 valence electrons. The molecule has 0 radical (unpaired) electrons. The summed E-state index contributed by atoms with van der Waals surface area (Å²) in [6.07, 6.45) is 3.12. The number of fused-ring (bicyclic) bond motifs is 1. The number of aryl methyl sites for hydroxylation is 1. The van der Waals surface area contributed by atoms with Crippen LogP contribution >= 0.6 is 0 Å². The van der Waals surface area contributed by atoms with E-state index in [1.54, 1.807) is 28.9 Å². The predicted octanol–water partition coefficient (Wildman–Crippen LogP) is 3.65. The third kappa shape index (κ3) is 3.45. The van der Waals surface area contributed by atoms with Gasteiger partial charge in [-0.25, -0.2) is 13.9 Å². The van der Waals surface area contributed by atoms with E-state index in [0.717, 1.165) is 28.2 Å². The third-order valence-corrected chi connectivity index (χ3v) is 5.45. The minimum absolute atomic E-state index is 0.00549. The molecule has 7 nitrogen and oxygen atoms in total. The number of hydrogen-bond acceptors (Lipinski definition) is 4. The summed E-state index contributed by atoms with van der Waals surface area (Å²) in [5.74, 6) is -0.560. The highest BCUT2D eigenvalue weighted by atomic mass is 19.1. The van der Waals surface area contributed by atoms with Crippen LogP contribution in [0.4, 0.5) is 4.39 Å². The lowest BCUT2D eigenvalue weighted by molar-refractivity contribution is 0.0949. The Morgan fingerprint density at radius 2 is 1.90 bits per heavy atom. The SMILES string of the molecule is Cc1nn([C@@H](C)CNC(=O)c2cnn3c(-c4ccc(F)cc4)ccnc23)c(C)c1C. The van der Waals surface area contributed by atoms with Crippen molar-refractivity contribution in [1.82, 2.24) is 29.7 Å². The van der Waals surface area contributed by atoms with Gasteiger partial charge < -0.3 is 5.32 Å². The van der Waals surface area contributed by atoms with Crippen molar-refractivity contribution in [3.05, 3.63) is 71.1 Å². The second kappa shape index (κ2) is 7.70. The molecule has 30 heavy (non-hydrogen) atoms. The topological polar surface area (TPSA) is 77.1 Å². The quantitative estimate of drug-likeness (QED) is 0.549. The van der Waals surface area contributed by atoms with Crippen LogP contribution in [0.25, 0.3) is 16.9 Å². The molecule has 0 aliphatic carbocycles. The highest BCUT2D eigenvalue weighted by Gasteiger charge is 2.18. The summed E-state index contributed by atoms with van der Waals surface area (Å²) in [4.78, 5) is 17.1. The summed E-state index contributed by atoms with van der Waals surface area (Å²) in [5.41, 5.74) is 5.59. The molecule has 4 rings (SSSR count). The highest BCUT2D eigenvalue weighted by Crippen LogP contribution is 2.21. The molecule has 0 spiro atoms. The number of benzene rings is 1. The van der Waals surface area contributed by atoms with Gasteiger partial charge in [-0.15, -0.1) is 0 Å². The summed E-state index contributed by atoms with van der Waals surface area (Å²) in [5, 5.41) is 11.9. The normalized spacial score (nSPS) is 12.3. The van der Waals surface area contributed by atoms with Crippen LogP contribution in [-0.2, 0) is 0 Å². The van der Waals surface area contributed by atoms with E-state index in [1.165, 1.54) is 18.3 Å². The zero-order chi connectivity index (χ0) is 21.4. The largest absolute Gasteiger partial charge is 0.350 e. The monoisotopic (exact) mass is 406 g/mol. The molecular weight excluding hydrogens is 383 g/mol. The van der Waals surface area contributed by atoms with Crippen LogP contribution in [0.15, 0.2) is 42.7 Å². The molecule has 3 aromatic heterocycles. The van der Waals surface area contributed by atoms with E-state index in [4.69, 9.17) is 0 Å². The van der Waals surface area contributed by atoms with Gasteiger partial charge in [-0.1, -0.05) is 0 Å².